The number of hydrazone groups is 1. The zero-order valence-corrected chi connectivity index (χ0v) is 10.7. The van der Waals surface area contributed by atoms with Gasteiger partial charge < -0.3 is 5.43 Å². The van der Waals surface area contributed by atoms with Crippen molar-refractivity contribution in [3.63, 3.8) is 0 Å². The number of carbonyl (C=O) groups is 1. The predicted octanol–water partition coefficient (Wildman–Crippen LogP) is 2.34. The summed E-state index contributed by atoms with van der Waals surface area (Å²) in [6.07, 6.45) is 3.46. The van der Waals surface area contributed by atoms with E-state index in [0.717, 1.165) is 25.0 Å². The van der Waals surface area contributed by atoms with Gasteiger partial charge in [0.2, 0.25) is 0 Å². The van der Waals surface area contributed by atoms with Crippen molar-refractivity contribution >= 4 is 23.1 Å². The summed E-state index contributed by atoms with van der Waals surface area (Å²) in [7, 11) is 0. The lowest BCUT2D eigenvalue weighted by atomic mass is 9.68. The van der Waals surface area contributed by atoms with Crippen LogP contribution in [0.3, 0.4) is 0 Å². The number of halogens is 1. The number of hydrogen-bond acceptors (Lipinski definition) is 3. The van der Waals surface area contributed by atoms with Crippen LogP contribution >= 0.6 is 11.6 Å². The highest BCUT2D eigenvalue weighted by atomic mass is 35.5. The molecule has 0 radical (unpaired) electrons. The molecule has 0 aromatic heterocycles. The van der Waals surface area contributed by atoms with Crippen LogP contribution in [0.1, 0.15) is 39.5 Å². The van der Waals surface area contributed by atoms with Gasteiger partial charge in [-0.25, -0.2) is 0 Å². The van der Waals surface area contributed by atoms with Gasteiger partial charge in [0, 0.05) is 12.3 Å². The minimum Gasteiger partial charge on any atom is -0.306 e. The zero-order valence-electron chi connectivity index (χ0n) is 9.92. The van der Waals surface area contributed by atoms with Crippen LogP contribution in [0.5, 0.6) is 0 Å². The molecule has 1 fully saturated rings. The highest BCUT2D eigenvalue weighted by Crippen LogP contribution is 2.39. The molecule has 4 heteroatoms. The molecule has 1 N–H and O–H groups in total. The molecule has 0 aromatic rings. The van der Waals surface area contributed by atoms with Crippen molar-refractivity contribution in [1.29, 1.82) is 0 Å². The largest absolute Gasteiger partial charge is 0.306 e. The van der Waals surface area contributed by atoms with Crippen LogP contribution in [0.25, 0.3) is 0 Å². The molecule has 2 aliphatic rings. The van der Waals surface area contributed by atoms with E-state index in [-0.39, 0.29) is 17.4 Å². The first-order valence-corrected chi connectivity index (χ1v) is 6.47. The molecule has 1 saturated carbocycles. The SMILES string of the molecule is CC1(C)CC(=O)[C@H]2C(CCCCl)=NN[C@@H]2C1. The second-order valence-corrected chi connectivity index (χ2v) is 6.00. The van der Waals surface area contributed by atoms with E-state index in [4.69, 9.17) is 11.6 Å². The number of fused-ring (bicyclic) bond motifs is 1. The molecule has 16 heavy (non-hydrogen) atoms. The average molecular weight is 243 g/mol. The Kier molecular flexibility index (Phi) is 3.24. The quantitative estimate of drug-likeness (QED) is 0.772. The lowest BCUT2D eigenvalue weighted by molar-refractivity contribution is -0.126. The summed E-state index contributed by atoms with van der Waals surface area (Å²) in [5.41, 5.74) is 4.26. The van der Waals surface area contributed by atoms with E-state index in [1.807, 2.05) is 0 Å². The summed E-state index contributed by atoms with van der Waals surface area (Å²) in [6, 6.07) is 0.224. The van der Waals surface area contributed by atoms with Gasteiger partial charge in [0.05, 0.1) is 17.7 Å². The van der Waals surface area contributed by atoms with Gasteiger partial charge >= 0.3 is 0 Å². The average Bonchev–Trinajstić information content (AvgIpc) is 2.56. The molecular weight excluding hydrogens is 224 g/mol. The number of carbonyl (C=O) groups excluding carboxylic acids is 1. The standard InChI is InChI=1S/C12H19ClN2O/c1-12(2)6-9-11(10(16)7-12)8(14-15-9)4-3-5-13/h9,11,15H,3-7H2,1-2H3/t9-,11+/m1/s1. The molecule has 0 saturated heterocycles. The zero-order chi connectivity index (χ0) is 11.8. The Morgan fingerprint density at radius 1 is 1.56 bits per heavy atom. The third-order valence-corrected chi connectivity index (χ3v) is 3.74. The highest BCUT2D eigenvalue weighted by molar-refractivity contribution is 6.18. The second kappa shape index (κ2) is 4.36. The van der Waals surface area contributed by atoms with E-state index >= 15 is 0 Å². The summed E-state index contributed by atoms with van der Waals surface area (Å²) in [6.45, 7) is 4.30. The number of alkyl halides is 1. The molecule has 2 atom stereocenters. The lowest BCUT2D eigenvalue weighted by Gasteiger charge is -2.36. The van der Waals surface area contributed by atoms with Gasteiger partial charge in [-0.2, -0.15) is 5.10 Å². The fourth-order valence-electron chi connectivity index (χ4n) is 2.82. The maximum atomic E-state index is 12.1. The molecule has 0 amide bonds. The monoisotopic (exact) mass is 242 g/mol. The normalized spacial score (nSPS) is 31.9. The summed E-state index contributed by atoms with van der Waals surface area (Å²) < 4.78 is 0. The Bertz CT molecular complexity index is 325. The van der Waals surface area contributed by atoms with E-state index in [2.05, 4.69) is 24.4 Å². The van der Waals surface area contributed by atoms with Crippen molar-refractivity contribution in [1.82, 2.24) is 5.43 Å². The molecule has 90 valence electrons. The van der Waals surface area contributed by atoms with E-state index in [9.17, 15) is 4.79 Å². The van der Waals surface area contributed by atoms with Crippen molar-refractivity contribution in [2.24, 2.45) is 16.4 Å². The van der Waals surface area contributed by atoms with Crippen molar-refractivity contribution in [2.75, 3.05) is 5.88 Å². The number of hydrogen-bond donors (Lipinski definition) is 1. The van der Waals surface area contributed by atoms with Crippen LogP contribution < -0.4 is 5.43 Å². The number of nitrogens with one attached hydrogen (secondary N) is 1. The van der Waals surface area contributed by atoms with Crippen LogP contribution in [-0.2, 0) is 4.79 Å². The Labute approximate surface area is 102 Å². The fourth-order valence-corrected chi connectivity index (χ4v) is 2.96. The Balaban J connectivity index is 2.06. The van der Waals surface area contributed by atoms with Crippen LogP contribution in [0, 0.1) is 11.3 Å². The highest BCUT2D eigenvalue weighted by Gasteiger charge is 2.45. The number of ketones is 1. The summed E-state index contributed by atoms with van der Waals surface area (Å²) >= 11 is 5.68. The third-order valence-electron chi connectivity index (χ3n) is 3.47. The molecular formula is C12H19ClN2O. The van der Waals surface area contributed by atoms with Crippen molar-refractivity contribution in [2.45, 2.75) is 45.6 Å². The lowest BCUT2D eigenvalue weighted by Crippen LogP contribution is -2.45. The molecule has 0 spiro atoms. The smallest absolute Gasteiger partial charge is 0.144 e. The summed E-state index contributed by atoms with van der Waals surface area (Å²) in [5, 5.41) is 4.32. The van der Waals surface area contributed by atoms with Crippen molar-refractivity contribution < 1.29 is 4.79 Å². The van der Waals surface area contributed by atoms with Crippen LogP contribution in [0.2, 0.25) is 0 Å². The topological polar surface area (TPSA) is 41.5 Å². The molecule has 0 aromatic carbocycles. The molecule has 0 bridgehead atoms. The Morgan fingerprint density at radius 3 is 3.00 bits per heavy atom. The third kappa shape index (κ3) is 2.24. The van der Waals surface area contributed by atoms with Crippen molar-refractivity contribution in [3.05, 3.63) is 0 Å². The van der Waals surface area contributed by atoms with Gasteiger partial charge in [0.15, 0.2) is 0 Å². The van der Waals surface area contributed by atoms with Crippen LogP contribution in [0.4, 0.5) is 0 Å². The first kappa shape index (κ1) is 11.9. The summed E-state index contributed by atoms with van der Waals surface area (Å²) in [5.74, 6) is 1.01. The second-order valence-electron chi connectivity index (χ2n) is 5.62. The predicted molar refractivity (Wildman–Crippen MR) is 65.8 cm³/mol. The number of Topliss-reactive ketones (excluding diaryl/α,β-unsaturated/α-hetero) is 1. The molecule has 1 aliphatic heterocycles. The van der Waals surface area contributed by atoms with E-state index < -0.39 is 0 Å². The van der Waals surface area contributed by atoms with E-state index in [1.54, 1.807) is 0 Å². The van der Waals surface area contributed by atoms with Crippen LogP contribution in [-0.4, -0.2) is 23.4 Å². The number of nitrogens with zero attached hydrogens (tertiary/aromatic N) is 1. The van der Waals surface area contributed by atoms with Gasteiger partial charge in [-0.1, -0.05) is 13.8 Å². The van der Waals surface area contributed by atoms with Crippen molar-refractivity contribution in [3.8, 4) is 0 Å². The number of rotatable bonds is 3. The van der Waals surface area contributed by atoms with Gasteiger partial charge in [-0.05, 0) is 24.7 Å². The Hall–Kier alpha value is -0.570. The van der Waals surface area contributed by atoms with E-state index in [1.165, 1.54) is 0 Å². The minimum atomic E-state index is 0.0243. The molecule has 2 rings (SSSR count). The fraction of sp³-hybridized carbons (Fsp3) is 0.833. The maximum absolute atomic E-state index is 12.1. The summed E-state index contributed by atoms with van der Waals surface area (Å²) in [4.78, 5) is 12.1. The van der Waals surface area contributed by atoms with Gasteiger partial charge in [-0.3, -0.25) is 4.79 Å². The van der Waals surface area contributed by atoms with Gasteiger partial charge in [-0.15, -0.1) is 11.6 Å². The first-order chi connectivity index (χ1) is 7.53. The first-order valence-electron chi connectivity index (χ1n) is 5.94. The molecule has 1 heterocycles. The van der Waals surface area contributed by atoms with Gasteiger partial charge in [0.1, 0.15) is 5.78 Å². The van der Waals surface area contributed by atoms with Gasteiger partial charge in [0.25, 0.3) is 0 Å². The molecule has 3 nitrogen and oxygen atoms in total. The molecule has 0 unspecified atom stereocenters. The molecule has 1 aliphatic carbocycles. The van der Waals surface area contributed by atoms with E-state index in [0.29, 0.717) is 18.1 Å². The van der Waals surface area contributed by atoms with Crippen LogP contribution in [0.15, 0.2) is 5.10 Å². The minimum absolute atomic E-state index is 0.0243. The Morgan fingerprint density at radius 2 is 2.31 bits per heavy atom. The maximum Gasteiger partial charge on any atom is 0.144 e.